The van der Waals surface area contributed by atoms with E-state index < -0.39 is 12.0 Å². The van der Waals surface area contributed by atoms with Crippen molar-refractivity contribution in [1.82, 2.24) is 4.98 Å². The molecule has 6 nitrogen and oxygen atoms in total. The van der Waals surface area contributed by atoms with E-state index in [4.69, 9.17) is 5.11 Å². The first-order valence-corrected chi connectivity index (χ1v) is 6.78. The number of aromatic carboxylic acids is 1. The first kappa shape index (κ1) is 15.0. The lowest BCUT2D eigenvalue weighted by Crippen LogP contribution is -2.20. The van der Waals surface area contributed by atoms with Crippen molar-refractivity contribution in [2.24, 2.45) is 0 Å². The van der Waals surface area contributed by atoms with E-state index in [1.165, 1.54) is 18.3 Å². The Bertz CT molecular complexity index is 686. The van der Waals surface area contributed by atoms with Crippen LogP contribution in [-0.4, -0.2) is 22.1 Å². The number of anilines is 2. The van der Waals surface area contributed by atoms with Gasteiger partial charge in [-0.3, -0.25) is 4.98 Å². The fourth-order valence-electron chi connectivity index (χ4n) is 1.58. The van der Waals surface area contributed by atoms with Gasteiger partial charge in [0.25, 0.3) is 0 Å². The van der Waals surface area contributed by atoms with Crippen LogP contribution >= 0.6 is 15.9 Å². The van der Waals surface area contributed by atoms with Gasteiger partial charge >= 0.3 is 12.0 Å². The summed E-state index contributed by atoms with van der Waals surface area (Å²) in [6, 6.07) is 7.40. The van der Waals surface area contributed by atoms with Gasteiger partial charge in [0.2, 0.25) is 0 Å². The average Bonchev–Trinajstić information content (AvgIpc) is 2.43. The van der Waals surface area contributed by atoms with Crippen molar-refractivity contribution < 1.29 is 14.7 Å². The summed E-state index contributed by atoms with van der Waals surface area (Å²) in [4.78, 5) is 26.9. The number of carboxylic acid groups (broad SMARTS) is 1. The molecule has 0 aliphatic carbocycles. The summed E-state index contributed by atoms with van der Waals surface area (Å²) >= 11 is 3.26. The first-order valence-electron chi connectivity index (χ1n) is 5.99. The average molecular weight is 350 g/mol. The Balaban J connectivity index is 2.10. The summed E-state index contributed by atoms with van der Waals surface area (Å²) in [5.41, 5.74) is 1.85. The fraction of sp³-hybridized carbons (Fsp3) is 0.0714. The minimum absolute atomic E-state index is 0.0884. The van der Waals surface area contributed by atoms with Gasteiger partial charge in [-0.05, 0) is 53.2 Å². The number of halogens is 1. The van der Waals surface area contributed by atoms with Crippen LogP contribution in [0.2, 0.25) is 0 Å². The maximum absolute atomic E-state index is 11.9. The zero-order valence-corrected chi connectivity index (χ0v) is 12.6. The molecule has 0 spiro atoms. The molecule has 0 saturated carbocycles. The van der Waals surface area contributed by atoms with Crippen LogP contribution in [0, 0.1) is 6.92 Å². The second-order valence-corrected chi connectivity index (χ2v) is 5.12. The van der Waals surface area contributed by atoms with Crippen molar-refractivity contribution >= 4 is 39.3 Å². The standard InChI is InChI=1S/C14H12BrN3O3/c1-8-2-4-10(7-16-8)17-14(21)18-12-6-9(13(19)20)3-5-11(12)15/h2-7H,1H3,(H,19,20)(H2,17,18,21). The van der Waals surface area contributed by atoms with Gasteiger partial charge in [-0.2, -0.15) is 0 Å². The Morgan fingerprint density at radius 2 is 1.95 bits per heavy atom. The normalized spacial score (nSPS) is 10.0. The van der Waals surface area contributed by atoms with E-state index in [0.717, 1.165) is 5.69 Å². The molecule has 0 bridgehead atoms. The van der Waals surface area contributed by atoms with E-state index in [1.54, 1.807) is 18.2 Å². The number of carbonyl (C=O) groups is 2. The summed E-state index contributed by atoms with van der Waals surface area (Å²) in [5.74, 6) is -1.06. The molecule has 0 radical (unpaired) electrons. The Hall–Kier alpha value is -2.41. The van der Waals surface area contributed by atoms with Gasteiger partial charge in [0, 0.05) is 10.2 Å². The topological polar surface area (TPSA) is 91.3 Å². The van der Waals surface area contributed by atoms with Crippen LogP contribution in [0.3, 0.4) is 0 Å². The number of carbonyl (C=O) groups excluding carboxylic acids is 1. The number of hydrogen-bond donors (Lipinski definition) is 3. The molecule has 3 N–H and O–H groups in total. The maximum atomic E-state index is 11.9. The van der Waals surface area contributed by atoms with Gasteiger partial charge in [-0.25, -0.2) is 9.59 Å². The number of nitrogens with one attached hydrogen (secondary N) is 2. The molecule has 1 heterocycles. The molecule has 0 atom stereocenters. The second kappa shape index (κ2) is 6.36. The van der Waals surface area contributed by atoms with Crippen LogP contribution in [0.5, 0.6) is 0 Å². The summed E-state index contributed by atoms with van der Waals surface area (Å²) in [5, 5.41) is 14.1. The molecule has 2 amide bonds. The molecule has 0 aliphatic heterocycles. The van der Waals surface area contributed by atoms with Crippen molar-refractivity contribution in [1.29, 1.82) is 0 Å². The lowest BCUT2D eigenvalue weighted by molar-refractivity contribution is 0.0697. The third-order valence-electron chi connectivity index (χ3n) is 2.63. The molecule has 0 aliphatic rings. The van der Waals surface area contributed by atoms with Gasteiger partial charge in [0.1, 0.15) is 0 Å². The third kappa shape index (κ3) is 4.03. The molecule has 21 heavy (non-hydrogen) atoms. The van der Waals surface area contributed by atoms with Crippen LogP contribution in [0.15, 0.2) is 41.0 Å². The quantitative estimate of drug-likeness (QED) is 0.790. The number of pyridine rings is 1. The van der Waals surface area contributed by atoms with Crippen molar-refractivity contribution in [3.8, 4) is 0 Å². The highest BCUT2D eigenvalue weighted by Crippen LogP contribution is 2.24. The summed E-state index contributed by atoms with van der Waals surface area (Å²) in [7, 11) is 0. The number of carboxylic acids is 1. The van der Waals surface area contributed by atoms with Gasteiger partial charge in [0.05, 0.1) is 23.1 Å². The van der Waals surface area contributed by atoms with Gasteiger partial charge in [-0.1, -0.05) is 0 Å². The van der Waals surface area contributed by atoms with Crippen LogP contribution in [0.1, 0.15) is 16.1 Å². The van der Waals surface area contributed by atoms with Crippen LogP contribution in [-0.2, 0) is 0 Å². The monoisotopic (exact) mass is 349 g/mol. The van der Waals surface area contributed by atoms with Crippen LogP contribution in [0.25, 0.3) is 0 Å². The summed E-state index contributed by atoms with van der Waals surface area (Å²) < 4.78 is 0.588. The number of urea groups is 1. The van der Waals surface area contributed by atoms with Crippen LogP contribution in [0.4, 0.5) is 16.2 Å². The molecule has 108 valence electrons. The minimum atomic E-state index is -1.06. The van der Waals surface area contributed by atoms with Gasteiger partial charge < -0.3 is 15.7 Å². The number of aryl methyl sites for hydroxylation is 1. The molecule has 1 aromatic carbocycles. The van der Waals surface area contributed by atoms with Crippen LogP contribution < -0.4 is 10.6 Å². The molecule has 2 rings (SSSR count). The van der Waals surface area contributed by atoms with Gasteiger partial charge in [0.15, 0.2) is 0 Å². The number of aromatic nitrogens is 1. The number of rotatable bonds is 3. The van der Waals surface area contributed by atoms with Gasteiger partial charge in [-0.15, -0.1) is 0 Å². The number of nitrogens with zero attached hydrogens (tertiary/aromatic N) is 1. The smallest absolute Gasteiger partial charge is 0.335 e. The summed E-state index contributed by atoms with van der Waals surface area (Å²) in [6.45, 7) is 1.85. The number of amides is 2. The molecule has 7 heteroatoms. The first-order chi connectivity index (χ1) is 9.95. The lowest BCUT2D eigenvalue weighted by Gasteiger charge is -2.10. The highest BCUT2D eigenvalue weighted by atomic mass is 79.9. The predicted octanol–water partition coefficient (Wildman–Crippen LogP) is 3.49. The Morgan fingerprint density at radius 3 is 2.57 bits per heavy atom. The molecule has 1 aromatic heterocycles. The minimum Gasteiger partial charge on any atom is -0.478 e. The van der Waals surface area contributed by atoms with E-state index in [-0.39, 0.29) is 5.56 Å². The van der Waals surface area contributed by atoms with E-state index >= 15 is 0 Å². The van der Waals surface area contributed by atoms with E-state index in [2.05, 4.69) is 31.5 Å². The Labute approximate surface area is 129 Å². The molecule has 0 fully saturated rings. The SMILES string of the molecule is Cc1ccc(NC(=O)Nc2cc(C(=O)O)ccc2Br)cn1. The molecule has 0 saturated heterocycles. The van der Waals surface area contributed by atoms with E-state index in [9.17, 15) is 9.59 Å². The van der Waals surface area contributed by atoms with Crippen molar-refractivity contribution in [3.63, 3.8) is 0 Å². The fourth-order valence-corrected chi connectivity index (χ4v) is 1.93. The molecule has 0 unspecified atom stereocenters. The molecule has 2 aromatic rings. The lowest BCUT2D eigenvalue weighted by atomic mass is 10.2. The van der Waals surface area contributed by atoms with Crippen molar-refractivity contribution in [2.45, 2.75) is 6.92 Å². The highest BCUT2D eigenvalue weighted by Gasteiger charge is 2.10. The highest BCUT2D eigenvalue weighted by molar-refractivity contribution is 9.10. The molecular weight excluding hydrogens is 338 g/mol. The maximum Gasteiger partial charge on any atom is 0.335 e. The van der Waals surface area contributed by atoms with E-state index in [1.807, 2.05) is 6.92 Å². The Morgan fingerprint density at radius 1 is 1.19 bits per heavy atom. The number of hydrogen-bond acceptors (Lipinski definition) is 3. The molecular formula is C14H12BrN3O3. The Kier molecular flexibility index (Phi) is 4.54. The zero-order chi connectivity index (χ0) is 15.4. The summed E-state index contributed by atoms with van der Waals surface area (Å²) in [6.07, 6.45) is 1.54. The zero-order valence-electron chi connectivity index (χ0n) is 11.1. The van der Waals surface area contributed by atoms with Crippen molar-refractivity contribution in [3.05, 3.63) is 52.3 Å². The third-order valence-corrected chi connectivity index (χ3v) is 3.32. The number of benzene rings is 1. The second-order valence-electron chi connectivity index (χ2n) is 4.27. The largest absolute Gasteiger partial charge is 0.478 e. The van der Waals surface area contributed by atoms with Crippen molar-refractivity contribution in [2.75, 3.05) is 10.6 Å². The predicted molar refractivity (Wildman–Crippen MR) is 82.7 cm³/mol. The van der Waals surface area contributed by atoms with E-state index in [0.29, 0.717) is 15.8 Å².